The number of terminal acetylenes is 1. The summed E-state index contributed by atoms with van der Waals surface area (Å²) in [6.45, 7) is 4.91. The lowest BCUT2D eigenvalue weighted by molar-refractivity contribution is -0.160. The highest BCUT2D eigenvalue weighted by atomic mass is 16.8. The Morgan fingerprint density at radius 3 is 2.36 bits per heavy atom. The van der Waals surface area contributed by atoms with E-state index in [1.54, 1.807) is 13.8 Å². The fourth-order valence-electron chi connectivity index (χ4n) is 1.44. The van der Waals surface area contributed by atoms with Crippen molar-refractivity contribution in [1.82, 2.24) is 0 Å². The number of hydrogen-bond donors (Lipinski definition) is 2. The summed E-state index contributed by atoms with van der Waals surface area (Å²) >= 11 is 0. The summed E-state index contributed by atoms with van der Waals surface area (Å²) in [7, 11) is 0. The Morgan fingerprint density at radius 2 is 1.93 bits per heavy atom. The number of aliphatic hydroxyl groups is 2. The lowest BCUT2D eigenvalue weighted by atomic mass is 10.0. The van der Waals surface area contributed by atoms with Gasteiger partial charge < -0.3 is 19.7 Å². The first-order valence-electron chi connectivity index (χ1n) is 4.55. The van der Waals surface area contributed by atoms with Crippen LogP contribution in [0.5, 0.6) is 0 Å². The molecule has 1 fully saturated rings. The third-order valence-electron chi connectivity index (χ3n) is 2.12. The molecule has 4 nitrogen and oxygen atoms in total. The molecule has 14 heavy (non-hydrogen) atoms. The minimum atomic E-state index is -1.03. The minimum absolute atomic E-state index is 0.616. The van der Waals surface area contributed by atoms with E-state index in [0.717, 1.165) is 0 Å². The van der Waals surface area contributed by atoms with Gasteiger partial charge in [-0.3, -0.25) is 0 Å². The van der Waals surface area contributed by atoms with Crippen molar-refractivity contribution in [2.24, 2.45) is 0 Å². The summed E-state index contributed by atoms with van der Waals surface area (Å²) in [5.74, 6) is 1.58. The SMILES string of the molecule is C#C[C@@H]1OC(C)(C)O[C@@H]1[C@@H](O)[C@H](C)O. The maximum atomic E-state index is 9.61. The first-order valence-corrected chi connectivity index (χ1v) is 4.55. The average molecular weight is 200 g/mol. The molecule has 0 aromatic rings. The number of rotatable bonds is 2. The molecule has 0 radical (unpaired) electrons. The standard InChI is InChI=1S/C10H16O4/c1-5-7-9(8(12)6(2)11)14-10(3,4)13-7/h1,6-9,11-12H,2-4H3/t6-,7-,8-,9-/m0/s1. The smallest absolute Gasteiger partial charge is 0.165 e. The molecule has 80 valence electrons. The van der Waals surface area contributed by atoms with E-state index >= 15 is 0 Å². The second-order valence-electron chi connectivity index (χ2n) is 3.92. The molecule has 0 spiro atoms. The molecule has 0 saturated carbocycles. The summed E-state index contributed by atoms with van der Waals surface area (Å²) in [4.78, 5) is 0. The van der Waals surface area contributed by atoms with Gasteiger partial charge in [-0.25, -0.2) is 0 Å². The quantitative estimate of drug-likeness (QED) is 0.610. The van der Waals surface area contributed by atoms with E-state index in [-0.39, 0.29) is 0 Å². The highest BCUT2D eigenvalue weighted by Crippen LogP contribution is 2.30. The van der Waals surface area contributed by atoms with Crippen LogP contribution >= 0.6 is 0 Å². The molecular formula is C10H16O4. The molecule has 0 aromatic heterocycles. The zero-order valence-electron chi connectivity index (χ0n) is 8.60. The van der Waals surface area contributed by atoms with Crippen LogP contribution in [0.1, 0.15) is 20.8 Å². The second kappa shape index (κ2) is 3.87. The maximum absolute atomic E-state index is 9.61. The van der Waals surface area contributed by atoms with Gasteiger partial charge in [0.25, 0.3) is 0 Å². The van der Waals surface area contributed by atoms with Gasteiger partial charge in [-0.15, -0.1) is 6.42 Å². The molecule has 0 aliphatic carbocycles. The highest BCUT2D eigenvalue weighted by molar-refractivity contribution is 5.05. The van der Waals surface area contributed by atoms with E-state index in [9.17, 15) is 10.2 Å². The van der Waals surface area contributed by atoms with Crippen LogP contribution in [0.25, 0.3) is 0 Å². The highest BCUT2D eigenvalue weighted by Gasteiger charge is 2.45. The van der Waals surface area contributed by atoms with Gasteiger partial charge in [-0.05, 0) is 20.8 Å². The van der Waals surface area contributed by atoms with Crippen LogP contribution < -0.4 is 0 Å². The molecule has 1 saturated heterocycles. The molecule has 0 amide bonds. The van der Waals surface area contributed by atoms with Gasteiger partial charge in [-0.2, -0.15) is 0 Å². The van der Waals surface area contributed by atoms with Crippen LogP contribution in [0.15, 0.2) is 0 Å². The van der Waals surface area contributed by atoms with Crippen molar-refractivity contribution in [1.29, 1.82) is 0 Å². The Balaban J connectivity index is 2.75. The number of aliphatic hydroxyl groups excluding tert-OH is 2. The Labute approximate surface area is 83.8 Å². The van der Waals surface area contributed by atoms with Crippen molar-refractivity contribution in [3.63, 3.8) is 0 Å². The Hall–Kier alpha value is -0.600. The third kappa shape index (κ3) is 2.25. The summed E-state index contributed by atoms with van der Waals surface area (Å²) in [5, 5.41) is 18.8. The van der Waals surface area contributed by atoms with Crippen molar-refractivity contribution in [2.45, 2.75) is 51.0 Å². The van der Waals surface area contributed by atoms with Crippen LogP contribution in [0.3, 0.4) is 0 Å². The second-order valence-corrected chi connectivity index (χ2v) is 3.92. The van der Waals surface area contributed by atoms with Crippen LogP contribution in [0, 0.1) is 12.3 Å². The van der Waals surface area contributed by atoms with Gasteiger partial charge in [0, 0.05) is 0 Å². The summed E-state index contributed by atoms with van der Waals surface area (Å²) < 4.78 is 10.8. The Bertz CT molecular complexity index is 241. The van der Waals surface area contributed by atoms with Crippen LogP contribution in [0.4, 0.5) is 0 Å². The lowest BCUT2D eigenvalue weighted by Gasteiger charge is -2.22. The molecule has 1 heterocycles. The van der Waals surface area contributed by atoms with E-state index in [1.807, 2.05) is 0 Å². The van der Waals surface area contributed by atoms with E-state index in [0.29, 0.717) is 0 Å². The van der Waals surface area contributed by atoms with E-state index in [4.69, 9.17) is 15.9 Å². The predicted octanol–water partition coefficient (Wildman–Crippen LogP) is -0.119. The summed E-state index contributed by atoms with van der Waals surface area (Å²) in [5.41, 5.74) is 0. The fraction of sp³-hybridized carbons (Fsp3) is 0.800. The van der Waals surface area contributed by atoms with Crippen LogP contribution in [-0.2, 0) is 9.47 Å². The zero-order valence-corrected chi connectivity index (χ0v) is 8.60. The van der Waals surface area contributed by atoms with E-state index < -0.39 is 30.2 Å². The summed E-state index contributed by atoms with van der Waals surface area (Å²) in [6.07, 6.45) is 2.02. The van der Waals surface area contributed by atoms with Crippen molar-refractivity contribution in [2.75, 3.05) is 0 Å². The Kier molecular flexibility index (Phi) is 3.17. The van der Waals surface area contributed by atoms with Gasteiger partial charge in [0.15, 0.2) is 5.79 Å². The van der Waals surface area contributed by atoms with Crippen molar-refractivity contribution < 1.29 is 19.7 Å². The number of hydrogen-bond acceptors (Lipinski definition) is 4. The monoisotopic (exact) mass is 200 g/mol. The first kappa shape index (κ1) is 11.5. The van der Waals surface area contributed by atoms with Gasteiger partial charge >= 0.3 is 0 Å². The predicted molar refractivity (Wildman–Crippen MR) is 50.3 cm³/mol. The molecule has 4 heteroatoms. The van der Waals surface area contributed by atoms with E-state index in [1.165, 1.54) is 6.92 Å². The molecule has 0 bridgehead atoms. The first-order chi connectivity index (χ1) is 6.37. The van der Waals surface area contributed by atoms with E-state index in [2.05, 4.69) is 5.92 Å². The van der Waals surface area contributed by atoms with Crippen LogP contribution in [-0.4, -0.2) is 40.4 Å². The zero-order chi connectivity index (χ0) is 10.9. The number of ether oxygens (including phenoxy) is 2. The lowest BCUT2D eigenvalue weighted by Crippen LogP contribution is -2.41. The van der Waals surface area contributed by atoms with Gasteiger partial charge in [0.2, 0.25) is 0 Å². The largest absolute Gasteiger partial charge is 0.391 e. The fourth-order valence-corrected chi connectivity index (χ4v) is 1.44. The van der Waals surface area contributed by atoms with Gasteiger partial charge in [-0.1, -0.05) is 5.92 Å². The average Bonchev–Trinajstić information content (AvgIpc) is 2.39. The molecule has 1 rings (SSSR count). The van der Waals surface area contributed by atoms with Crippen LogP contribution in [0.2, 0.25) is 0 Å². The molecular weight excluding hydrogens is 184 g/mol. The van der Waals surface area contributed by atoms with Crippen molar-refractivity contribution in [3.05, 3.63) is 0 Å². The normalized spacial score (nSPS) is 34.9. The van der Waals surface area contributed by atoms with Gasteiger partial charge in [0.1, 0.15) is 18.3 Å². The molecule has 2 N–H and O–H groups in total. The van der Waals surface area contributed by atoms with Gasteiger partial charge in [0.05, 0.1) is 6.10 Å². The molecule has 0 unspecified atom stereocenters. The molecule has 4 atom stereocenters. The maximum Gasteiger partial charge on any atom is 0.165 e. The van der Waals surface area contributed by atoms with Crippen molar-refractivity contribution in [3.8, 4) is 12.3 Å². The topological polar surface area (TPSA) is 58.9 Å². The third-order valence-corrected chi connectivity index (χ3v) is 2.12. The molecule has 1 aliphatic rings. The minimum Gasteiger partial charge on any atom is -0.391 e. The molecule has 0 aromatic carbocycles. The molecule has 1 aliphatic heterocycles. The Morgan fingerprint density at radius 1 is 1.36 bits per heavy atom. The summed E-state index contributed by atoms with van der Waals surface area (Å²) in [6, 6.07) is 0. The van der Waals surface area contributed by atoms with Crippen molar-refractivity contribution >= 4 is 0 Å².